The van der Waals surface area contributed by atoms with Gasteiger partial charge in [-0.3, -0.25) is 19.7 Å². The molecule has 0 saturated carbocycles. The predicted octanol–water partition coefficient (Wildman–Crippen LogP) is -2.42. The van der Waals surface area contributed by atoms with Crippen molar-refractivity contribution < 1.29 is 34.9 Å². The van der Waals surface area contributed by atoms with Crippen molar-refractivity contribution in [3.8, 4) is 0 Å². The molecule has 1 rings (SSSR count). The van der Waals surface area contributed by atoms with Crippen LogP contribution in [0.2, 0.25) is 0 Å². The number of hydrogen-bond acceptors (Lipinski definition) is 8. The maximum atomic E-state index is 11.9. The lowest BCUT2D eigenvalue weighted by atomic mass is 9.87. The van der Waals surface area contributed by atoms with E-state index in [0.717, 1.165) is 6.07 Å². The van der Waals surface area contributed by atoms with Crippen LogP contribution in [-0.4, -0.2) is 62.6 Å². The lowest BCUT2D eigenvalue weighted by Crippen LogP contribution is -2.28. The highest BCUT2D eigenvalue weighted by Gasteiger charge is 2.30. The Hall–Kier alpha value is -2.60. The summed E-state index contributed by atoms with van der Waals surface area (Å²) in [6, 6.07) is 0.813. The SMILES string of the molecule is NC(=O)c1cc([N+](=O)[O-])c(CC(O)CO)c(C(N)=O)c1CC(O)CO. The minimum atomic E-state index is -1.42. The van der Waals surface area contributed by atoms with Crippen LogP contribution in [0.1, 0.15) is 31.8 Å². The van der Waals surface area contributed by atoms with Crippen molar-refractivity contribution >= 4 is 17.5 Å². The first-order chi connectivity index (χ1) is 11.6. The second-order valence-electron chi connectivity index (χ2n) is 5.34. The Labute approximate surface area is 141 Å². The summed E-state index contributed by atoms with van der Waals surface area (Å²) in [4.78, 5) is 34.0. The first-order valence-electron chi connectivity index (χ1n) is 7.14. The predicted molar refractivity (Wildman–Crippen MR) is 83.7 cm³/mol. The van der Waals surface area contributed by atoms with Gasteiger partial charge >= 0.3 is 0 Å². The Kier molecular flexibility index (Phi) is 6.94. The van der Waals surface area contributed by atoms with Gasteiger partial charge in [-0.15, -0.1) is 0 Å². The van der Waals surface area contributed by atoms with Crippen molar-refractivity contribution in [1.29, 1.82) is 0 Å². The molecule has 0 aliphatic carbocycles. The van der Waals surface area contributed by atoms with Crippen LogP contribution in [-0.2, 0) is 12.8 Å². The van der Waals surface area contributed by atoms with Gasteiger partial charge in [-0.1, -0.05) is 0 Å². The summed E-state index contributed by atoms with van der Waals surface area (Å²) in [7, 11) is 0. The number of amides is 2. The molecule has 0 radical (unpaired) electrons. The summed E-state index contributed by atoms with van der Waals surface area (Å²) < 4.78 is 0. The van der Waals surface area contributed by atoms with Gasteiger partial charge < -0.3 is 31.9 Å². The summed E-state index contributed by atoms with van der Waals surface area (Å²) in [6.07, 6.45) is -3.72. The summed E-state index contributed by atoms with van der Waals surface area (Å²) in [5, 5.41) is 48.5. The zero-order valence-corrected chi connectivity index (χ0v) is 13.1. The van der Waals surface area contributed by atoms with Crippen LogP contribution >= 0.6 is 0 Å². The summed E-state index contributed by atoms with van der Waals surface area (Å²) >= 11 is 0. The maximum Gasteiger partial charge on any atom is 0.274 e. The number of rotatable bonds is 9. The molecular weight excluding hydrogens is 338 g/mol. The molecule has 2 atom stereocenters. The molecule has 11 heteroatoms. The second kappa shape index (κ2) is 8.48. The molecule has 0 aromatic heterocycles. The summed E-state index contributed by atoms with van der Waals surface area (Å²) in [5.74, 6) is -2.24. The molecule has 0 fully saturated rings. The minimum Gasteiger partial charge on any atom is -0.394 e. The normalized spacial score (nSPS) is 13.3. The Morgan fingerprint density at radius 2 is 1.52 bits per heavy atom. The highest BCUT2D eigenvalue weighted by atomic mass is 16.6. The van der Waals surface area contributed by atoms with E-state index in [0.29, 0.717) is 0 Å². The van der Waals surface area contributed by atoms with E-state index in [9.17, 15) is 29.9 Å². The molecule has 1 aromatic carbocycles. The van der Waals surface area contributed by atoms with Gasteiger partial charge in [0.25, 0.3) is 5.69 Å². The van der Waals surface area contributed by atoms with Crippen LogP contribution in [0.3, 0.4) is 0 Å². The van der Waals surface area contributed by atoms with E-state index in [1.165, 1.54) is 0 Å². The van der Waals surface area contributed by atoms with Crippen LogP contribution in [0.4, 0.5) is 5.69 Å². The number of benzene rings is 1. The van der Waals surface area contributed by atoms with Crippen molar-refractivity contribution in [2.45, 2.75) is 25.0 Å². The smallest absolute Gasteiger partial charge is 0.274 e. The number of carbonyl (C=O) groups is 2. The number of nitrogens with zero attached hydrogens (tertiary/aromatic N) is 1. The molecule has 0 saturated heterocycles. The first-order valence-corrected chi connectivity index (χ1v) is 7.14. The molecule has 0 heterocycles. The quantitative estimate of drug-likeness (QED) is 0.206. The maximum absolute atomic E-state index is 11.9. The summed E-state index contributed by atoms with van der Waals surface area (Å²) in [5.41, 5.74) is 8.46. The van der Waals surface area contributed by atoms with E-state index in [1.54, 1.807) is 0 Å². The number of nitrogens with two attached hydrogens (primary N) is 2. The fourth-order valence-electron chi connectivity index (χ4n) is 2.45. The van der Waals surface area contributed by atoms with Crippen LogP contribution in [0.15, 0.2) is 6.07 Å². The Morgan fingerprint density at radius 3 is 1.88 bits per heavy atom. The molecule has 8 N–H and O–H groups in total. The monoisotopic (exact) mass is 357 g/mol. The molecular formula is C14H19N3O8. The zero-order chi connectivity index (χ0) is 19.3. The number of aliphatic hydroxyl groups excluding tert-OH is 4. The molecule has 1 aromatic rings. The number of primary amides is 2. The highest BCUT2D eigenvalue weighted by Crippen LogP contribution is 2.31. The van der Waals surface area contributed by atoms with Gasteiger partial charge in [-0.2, -0.15) is 0 Å². The van der Waals surface area contributed by atoms with Crippen molar-refractivity contribution in [2.75, 3.05) is 13.2 Å². The van der Waals surface area contributed by atoms with E-state index in [-0.39, 0.29) is 11.1 Å². The number of aliphatic hydroxyl groups is 4. The first kappa shape index (κ1) is 20.4. The van der Waals surface area contributed by atoms with E-state index in [1.807, 2.05) is 0 Å². The van der Waals surface area contributed by atoms with E-state index in [2.05, 4.69) is 0 Å². The van der Waals surface area contributed by atoms with Gasteiger partial charge in [0.1, 0.15) is 0 Å². The third kappa shape index (κ3) is 4.70. The van der Waals surface area contributed by atoms with E-state index >= 15 is 0 Å². The lowest BCUT2D eigenvalue weighted by Gasteiger charge is -2.19. The van der Waals surface area contributed by atoms with Crippen molar-refractivity contribution in [1.82, 2.24) is 0 Å². The van der Waals surface area contributed by atoms with Gasteiger partial charge in [0, 0.05) is 24.5 Å². The van der Waals surface area contributed by atoms with Gasteiger partial charge in [-0.25, -0.2) is 0 Å². The molecule has 11 nitrogen and oxygen atoms in total. The highest BCUT2D eigenvalue weighted by molar-refractivity contribution is 6.03. The zero-order valence-electron chi connectivity index (χ0n) is 13.1. The molecule has 2 unspecified atom stereocenters. The van der Waals surface area contributed by atoms with E-state index < -0.39 is 71.8 Å². The van der Waals surface area contributed by atoms with Crippen LogP contribution in [0.25, 0.3) is 0 Å². The second-order valence-corrected chi connectivity index (χ2v) is 5.34. The number of hydrogen-bond donors (Lipinski definition) is 6. The summed E-state index contributed by atoms with van der Waals surface area (Å²) in [6.45, 7) is -1.44. The molecule has 25 heavy (non-hydrogen) atoms. The molecule has 2 amide bonds. The fourth-order valence-corrected chi connectivity index (χ4v) is 2.45. The van der Waals surface area contributed by atoms with Crippen molar-refractivity contribution in [2.24, 2.45) is 11.5 Å². The standard InChI is InChI=1S/C14H19N3O8/c15-13(22)9-3-11(17(24)25)10(2-7(21)5-19)12(14(16)23)8(9)1-6(20)4-18/h3,6-7,18-21H,1-2,4-5H2,(H2,15,22)(H2,16,23). The molecule has 0 bridgehead atoms. The Bertz CT molecular complexity index is 643. The largest absolute Gasteiger partial charge is 0.394 e. The van der Waals surface area contributed by atoms with Gasteiger partial charge in [-0.05, 0) is 5.56 Å². The number of nitro groups is 1. The van der Waals surface area contributed by atoms with Gasteiger partial charge in [0.05, 0.1) is 41.5 Å². The van der Waals surface area contributed by atoms with Crippen LogP contribution in [0, 0.1) is 10.1 Å². The molecule has 138 valence electrons. The number of carbonyl (C=O) groups excluding carboxylic acids is 2. The average molecular weight is 357 g/mol. The Morgan fingerprint density at radius 1 is 1.04 bits per heavy atom. The van der Waals surface area contributed by atoms with Gasteiger partial charge in [0.15, 0.2) is 0 Å². The lowest BCUT2D eigenvalue weighted by molar-refractivity contribution is -0.385. The fraction of sp³-hybridized carbons (Fsp3) is 0.429. The minimum absolute atomic E-state index is 0.174. The third-order valence-electron chi connectivity index (χ3n) is 3.53. The number of nitro benzene ring substituents is 1. The Balaban J connectivity index is 3.83. The van der Waals surface area contributed by atoms with Crippen molar-refractivity contribution in [3.05, 3.63) is 38.4 Å². The molecule has 0 spiro atoms. The van der Waals surface area contributed by atoms with Crippen LogP contribution < -0.4 is 11.5 Å². The molecule has 0 aliphatic heterocycles. The van der Waals surface area contributed by atoms with Crippen molar-refractivity contribution in [3.63, 3.8) is 0 Å². The van der Waals surface area contributed by atoms with Gasteiger partial charge in [0.2, 0.25) is 11.8 Å². The van der Waals surface area contributed by atoms with E-state index in [4.69, 9.17) is 21.7 Å². The third-order valence-corrected chi connectivity index (χ3v) is 3.53. The average Bonchev–Trinajstić information content (AvgIpc) is 2.53. The molecule has 0 aliphatic rings. The topological polar surface area (TPSA) is 210 Å². The van der Waals surface area contributed by atoms with Crippen LogP contribution in [0.5, 0.6) is 0 Å².